The molecular formula is C11F12O. The van der Waals surface area contributed by atoms with Crippen LogP contribution in [0, 0.1) is 23.3 Å². The number of ketones is 1. The summed E-state index contributed by atoms with van der Waals surface area (Å²) in [4.78, 5) is 11.2. The van der Waals surface area contributed by atoms with Gasteiger partial charge in [-0.2, -0.15) is 26.3 Å². The monoisotopic (exact) mass is 376 g/mol. The largest absolute Gasteiger partial charge is 0.435 e. The molecule has 0 N–H and O–H groups in total. The Hall–Kier alpha value is -1.95. The molecule has 0 amide bonds. The van der Waals surface area contributed by atoms with Gasteiger partial charge in [-0.1, -0.05) is 0 Å². The van der Waals surface area contributed by atoms with E-state index >= 15 is 0 Å². The van der Waals surface area contributed by atoms with Crippen LogP contribution in [0.2, 0.25) is 0 Å². The molecule has 1 atom stereocenters. The Morgan fingerprint density at radius 3 is 1.42 bits per heavy atom. The van der Waals surface area contributed by atoms with Crippen molar-refractivity contribution in [1.29, 1.82) is 0 Å². The number of benzene rings is 1. The van der Waals surface area contributed by atoms with Gasteiger partial charge in [0.15, 0.2) is 23.3 Å². The molecule has 0 spiro atoms. The summed E-state index contributed by atoms with van der Waals surface area (Å²) in [6, 6.07) is 0. The molecule has 24 heavy (non-hydrogen) atoms. The van der Waals surface area contributed by atoms with Gasteiger partial charge in [-0.05, 0) is 0 Å². The first-order valence-electron chi connectivity index (χ1n) is 5.47. The van der Waals surface area contributed by atoms with Crippen LogP contribution in [0.4, 0.5) is 52.7 Å². The topological polar surface area (TPSA) is 17.1 Å². The van der Waals surface area contributed by atoms with Gasteiger partial charge in [-0.3, -0.25) is 4.79 Å². The lowest BCUT2D eigenvalue weighted by molar-refractivity contribution is -0.372. The molecule has 1 aliphatic rings. The summed E-state index contributed by atoms with van der Waals surface area (Å²) < 4.78 is 156. The van der Waals surface area contributed by atoms with Gasteiger partial charge in [0, 0.05) is 0 Å². The zero-order valence-electron chi connectivity index (χ0n) is 10.4. The van der Waals surface area contributed by atoms with Gasteiger partial charge in [-0.25, -0.2) is 26.3 Å². The van der Waals surface area contributed by atoms with Crippen LogP contribution in [0.5, 0.6) is 0 Å². The zero-order chi connectivity index (χ0) is 19.0. The van der Waals surface area contributed by atoms with Gasteiger partial charge in [-0.15, -0.1) is 0 Å². The Morgan fingerprint density at radius 2 is 1.04 bits per heavy atom. The molecule has 13 heteroatoms. The Bertz CT molecular complexity index is 731. The van der Waals surface area contributed by atoms with Gasteiger partial charge < -0.3 is 0 Å². The second kappa shape index (κ2) is 4.57. The first-order valence-corrected chi connectivity index (χ1v) is 5.47. The molecule has 0 fully saturated rings. The normalized spacial score (nSPS) is 21.6. The SMILES string of the molecule is O=C1c2c(F)c(F)c(F)c(F)c2[C@]1(F)C(F)(C(F)(F)F)C(F)(F)F. The van der Waals surface area contributed by atoms with Gasteiger partial charge >= 0.3 is 18.0 Å². The lowest BCUT2D eigenvalue weighted by Crippen LogP contribution is -2.71. The minimum absolute atomic E-state index is 2.27. The zero-order valence-corrected chi connectivity index (χ0v) is 10.4. The van der Waals surface area contributed by atoms with Gasteiger partial charge in [0.25, 0.3) is 5.67 Å². The fourth-order valence-electron chi connectivity index (χ4n) is 2.27. The van der Waals surface area contributed by atoms with Crippen molar-refractivity contribution in [2.75, 3.05) is 0 Å². The van der Waals surface area contributed by atoms with Crippen molar-refractivity contribution in [3.05, 3.63) is 34.4 Å². The highest BCUT2D eigenvalue weighted by atomic mass is 19.4. The number of carbonyl (C=O) groups excluding carboxylic acids is 1. The molecule has 1 nitrogen and oxygen atoms in total. The summed E-state index contributed by atoms with van der Waals surface area (Å²) in [6.45, 7) is 0. The van der Waals surface area contributed by atoms with Crippen molar-refractivity contribution < 1.29 is 57.5 Å². The summed E-state index contributed by atoms with van der Waals surface area (Å²) in [5.41, 5.74) is -18.0. The molecule has 0 heterocycles. The quantitative estimate of drug-likeness (QED) is 0.403. The van der Waals surface area contributed by atoms with E-state index in [0.717, 1.165) is 0 Å². The first-order chi connectivity index (χ1) is 10.5. The van der Waals surface area contributed by atoms with Crippen LogP contribution in [-0.4, -0.2) is 23.8 Å². The van der Waals surface area contributed by atoms with Crippen molar-refractivity contribution in [1.82, 2.24) is 0 Å². The van der Waals surface area contributed by atoms with Crippen LogP contribution >= 0.6 is 0 Å². The lowest BCUT2D eigenvalue weighted by Gasteiger charge is -2.45. The Morgan fingerprint density at radius 1 is 0.667 bits per heavy atom. The Labute approximate surface area is 122 Å². The van der Waals surface area contributed by atoms with E-state index in [9.17, 15) is 57.5 Å². The third-order valence-electron chi connectivity index (χ3n) is 3.41. The van der Waals surface area contributed by atoms with Gasteiger partial charge in [0.05, 0.1) is 11.1 Å². The fraction of sp³-hybridized carbons (Fsp3) is 0.364. The summed E-state index contributed by atoms with van der Waals surface area (Å²) in [6.07, 6.45) is -14.3. The van der Waals surface area contributed by atoms with E-state index in [0.29, 0.717) is 0 Å². The highest BCUT2D eigenvalue weighted by molar-refractivity contribution is 6.14. The molecule has 2 rings (SSSR count). The minimum Gasteiger partial charge on any atom is -0.290 e. The van der Waals surface area contributed by atoms with E-state index in [4.69, 9.17) is 0 Å². The highest BCUT2D eigenvalue weighted by Crippen LogP contribution is 2.63. The predicted octanol–water partition coefficient (Wildman–Crippen LogP) is 4.44. The van der Waals surface area contributed by atoms with E-state index in [1.165, 1.54) is 0 Å². The first kappa shape index (κ1) is 18.4. The highest BCUT2D eigenvalue weighted by Gasteiger charge is 2.89. The number of Topliss-reactive ketones (excluding diaryl/α,β-unsaturated/α-hetero) is 1. The molecule has 1 aliphatic carbocycles. The Balaban J connectivity index is 2.94. The summed E-state index contributed by atoms with van der Waals surface area (Å²) in [5.74, 6) is -14.8. The standard InChI is InChI=1S/C11F12O/c12-3-1-2(4(13)6(15)5(3)14)8(16,7(1)24)9(17,10(18,19)20)11(21,22)23/t8-/m1/s1. The maximum Gasteiger partial charge on any atom is 0.435 e. The van der Waals surface area contributed by atoms with Crippen LogP contribution in [0.25, 0.3) is 0 Å². The van der Waals surface area contributed by atoms with Gasteiger partial charge in [0.2, 0.25) is 5.78 Å². The lowest BCUT2D eigenvalue weighted by atomic mass is 9.63. The van der Waals surface area contributed by atoms with Crippen LogP contribution in [0.15, 0.2) is 0 Å². The van der Waals surface area contributed by atoms with Crippen molar-refractivity contribution in [2.45, 2.75) is 23.7 Å². The second-order valence-corrected chi connectivity index (χ2v) is 4.65. The summed E-state index contributed by atoms with van der Waals surface area (Å²) in [7, 11) is 0. The van der Waals surface area contributed by atoms with Crippen LogP contribution in [0.1, 0.15) is 15.9 Å². The summed E-state index contributed by atoms with van der Waals surface area (Å²) in [5, 5.41) is 0. The average Bonchev–Trinajstić information content (AvgIpc) is 2.43. The van der Waals surface area contributed by atoms with Crippen LogP contribution < -0.4 is 0 Å². The average molecular weight is 376 g/mol. The van der Waals surface area contributed by atoms with Crippen LogP contribution in [0.3, 0.4) is 0 Å². The number of alkyl halides is 8. The molecule has 0 radical (unpaired) electrons. The number of carbonyl (C=O) groups is 1. The van der Waals surface area contributed by atoms with E-state index in [1.54, 1.807) is 0 Å². The number of fused-ring (bicyclic) bond motifs is 1. The molecule has 0 bridgehead atoms. The second-order valence-electron chi connectivity index (χ2n) is 4.65. The molecule has 1 aromatic rings. The molecule has 134 valence electrons. The van der Waals surface area contributed by atoms with E-state index < -0.39 is 63.9 Å². The molecule has 0 unspecified atom stereocenters. The minimum atomic E-state index is -7.17. The molecule has 1 aromatic carbocycles. The maximum absolute atomic E-state index is 14.2. The molecule has 0 aliphatic heterocycles. The van der Waals surface area contributed by atoms with Crippen molar-refractivity contribution >= 4 is 5.78 Å². The smallest absolute Gasteiger partial charge is 0.290 e. The molecule has 0 saturated carbocycles. The fourth-order valence-corrected chi connectivity index (χ4v) is 2.27. The number of hydrogen-bond acceptors (Lipinski definition) is 1. The molecule has 0 saturated heterocycles. The van der Waals surface area contributed by atoms with Crippen molar-refractivity contribution in [3.8, 4) is 0 Å². The van der Waals surface area contributed by atoms with E-state index in [1.807, 2.05) is 0 Å². The number of halogens is 12. The van der Waals surface area contributed by atoms with E-state index in [2.05, 4.69) is 0 Å². The predicted molar refractivity (Wildman–Crippen MR) is 49.3 cm³/mol. The molecule has 0 aromatic heterocycles. The third-order valence-corrected chi connectivity index (χ3v) is 3.41. The summed E-state index contributed by atoms with van der Waals surface area (Å²) >= 11 is 0. The number of rotatable bonds is 1. The molecular weight excluding hydrogens is 376 g/mol. The van der Waals surface area contributed by atoms with Gasteiger partial charge in [0.1, 0.15) is 0 Å². The maximum atomic E-state index is 14.2. The van der Waals surface area contributed by atoms with E-state index in [-0.39, 0.29) is 0 Å². The van der Waals surface area contributed by atoms with Crippen molar-refractivity contribution in [2.24, 2.45) is 0 Å². The third kappa shape index (κ3) is 1.72. The number of hydrogen-bond donors (Lipinski definition) is 0. The van der Waals surface area contributed by atoms with Crippen LogP contribution in [-0.2, 0) is 5.67 Å². The Kier molecular flexibility index (Phi) is 3.50. The van der Waals surface area contributed by atoms with Crippen molar-refractivity contribution in [3.63, 3.8) is 0 Å².